The number of nitrogens with two attached hydrogens (primary N) is 1. The summed E-state index contributed by atoms with van der Waals surface area (Å²) in [5.41, 5.74) is 8.61. The third-order valence-corrected chi connectivity index (χ3v) is 5.76. The van der Waals surface area contributed by atoms with Crippen LogP contribution in [0, 0.1) is 0 Å². The second-order valence-corrected chi connectivity index (χ2v) is 9.17. The Balaban J connectivity index is 2.54. The van der Waals surface area contributed by atoms with Gasteiger partial charge in [0.2, 0.25) is 5.79 Å². The number of rotatable bonds is 14. The first-order chi connectivity index (χ1) is 14.9. The first kappa shape index (κ1) is 25.6. The summed E-state index contributed by atoms with van der Waals surface area (Å²) in [4.78, 5) is 0. The van der Waals surface area contributed by atoms with Gasteiger partial charge in [0, 0.05) is 5.56 Å². The van der Waals surface area contributed by atoms with Crippen LogP contribution in [-0.2, 0) is 20.8 Å². The van der Waals surface area contributed by atoms with Crippen LogP contribution in [0.2, 0.25) is 0 Å². The highest BCUT2D eigenvalue weighted by atomic mass is 16.7. The van der Waals surface area contributed by atoms with Gasteiger partial charge in [-0.1, -0.05) is 106 Å². The zero-order valence-electron chi connectivity index (χ0n) is 20.3. The van der Waals surface area contributed by atoms with Gasteiger partial charge < -0.3 is 15.2 Å². The molecule has 2 N–H and O–H groups in total. The summed E-state index contributed by atoms with van der Waals surface area (Å²) in [6.45, 7) is 10.5. The van der Waals surface area contributed by atoms with E-state index in [1.54, 1.807) is 0 Å². The molecule has 31 heavy (non-hydrogen) atoms. The Labute approximate surface area is 190 Å². The lowest BCUT2D eigenvalue weighted by Gasteiger charge is -2.50. The van der Waals surface area contributed by atoms with E-state index in [0.717, 1.165) is 24.0 Å². The van der Waals surface area contributed by atoms with Gasteiger partial charge in [-0.3, -0.25) is 0 Å². The molecule has 0 saturated heterocycles. The zero-order valence-corrected chi connectivity index (χ0v) is 20.3. The van der Waals surface area contributed by atoms with E-state index in [2.05, 4.69) is 71.0 Å². The smallest absolute Gasteiger partial charge is 0.218 e. The lowest BCUT2D eigenvalue weighted by atomic mass is 9.74. The minimum atomic E-state index is -1.08. The van der Waals surface area contributed by atoms with Crippen LogP contribution in [0.4, 0.5) is 0 Å². The highest BCUT2D eigenvalue weighted by Crippen LogP contribution is 2.47. The number of unbranched alkanes of at least 4 members (excludes halogenated alkanes) is 5. The molecule has 0 aromatic heterocycles. The fourth-order valence-electron chi connectivity index (χ4n) is 4.37. The van der Waals surface area contributed by atoms with Gasteiger partial charge in [-0.15, -0.1) is 0 Å². The molecule has 2 aromatic carbocycles. The molecule has 1 unspecified atom stereocenters. The highest BCUT2D eigenvalue weighted by molar-refractivity contribution is 5.34. The molecule has 1 atom stereocenters. The normalized spacial score (nSPS) is 14.2. The van der Waals surface area contributed by atoms with Crippen molar-refractivity contribution in [1.29, 1.82) is 0 Å². The Morgan fingerprint density at radius 1 is 0.677 bits per heavy atom. The average Bonchev–Trinajstić information content (AvgIpc) is 2.76. The number of hydrogen-bond donors (Lipinski definition) is 1. The van der Waals surface area contributed by atoms with Gasteiger partial charge in [0.05, 0.1) is 12.2 Å². The molecule has 0 heterocycles. The molecular weight excluding hydrogens is 382 g/mol. The van der Waals surface area contributed by atoms with E-state index in [1.165, 1.54) is 32.1 Å². The highest BCUT2D eigenvalue weighted by Gasteiger charge is 2.54. The zero-order chi connectivity index (χ0) is 22.7. The van der Waals surface area contributed by atoms with Crippen molar-refractivity contribution in [3.63, 3.8) is 0 Å². The summed E-state index contributed by atoms with van der Waals surface area (Å²) in [7, 11) is 0. The minimum Gasteiger partial charge on any atom is -0.341 e. The number of benzene rings is 2. The topological polar surface area (TPSA) is 44.5 Å². The summed E-state index contributed by atoms with van der Waals surface area (Å²) in [5, 5.41) is 0. The lowest BCUT2D eigenvalue weighted by molar-refractivity contribution is -0.317. The van der Waals surface area contributed by atoms with E-state index >= 15 is 0 Å². The van der Waals surface area contributed by atoms with Crippen LogP contribution in [0.15, 0.2) is 60.7 Å². The fraction of sp³-hybridized carbons (Fsp3) is 0.571. The van der Waals surface area contributed by atoms with E-state index in [1.807, 2.05) is 24.3 Å². The fourth-order valence-corrected chi connectivity index (χ4v) is 4.37. The second kappa shape index (κ2) is 12.4. The summed E-state index contributed by atoms with van der Waals surface area (Å²) < 4.78 is 13.4. The molecule has 172 valence electrons. The molecular formula is C28H43NO2. The van der Waals surface area contributed by atoms with Crippen molar-refractivity contribution in [2.75, 3.05) is 0 Å². The van der Waals surface area contributed by atoms with E-state index in [9.17, 15) is 0 Å². The van der Waals surface area contributed by atoms with Crippen molar-refractivity contribution in [2.45, 2.75) is 103 Å². The van der Waals surface area contributed by atoms with Gasteiger partial charge in [-0.05, 0) is 39.7 Å². The molecule has 0 fully saturated rings. The van der Waals surface area contributed by atoms with E-state index in [-0.39, 0.29) is 12.2 Å². The molecule has 3 nitrogen and oxygen atoms in total. The van der Waals surface area contributed by atoms with Gasteiger partial charge in [-0.25, -0.2) is 0 Å². The van der Waals surface area contributed by atoms with Crippen LogP contribution in [0.25, 0.3) is 0 Å². The van der Waals surface area contributed by atoms with Gasteiger partial charge in [0.1, 0.15) is 5.54 Å². The second-order valence-electron chi connectivity index (χ2n) is 9.17. The van der Waals surface area contributed by atoms with Crippen LogP contribution in [-0.4, -0.2) is 12.2 Å². The first-order valence-electron chi connectivity index (χ1n) is 12.1. The Kier molecular flexibility index (Phi) is 10.2. The molecule has 0 bridgehead atoms. The van der Waals surface area contributed by atoms with Crippen LogP contribution < -0.4 is 5.73 Å². The van der Waals surface area contributed by atoms with Crippen LogP contribution in [0.5, 0.6) is 0 Å². The van der Waals surface area contributed by atoms with Crippen molar-refractivity contribution < 1.29 is 9.47 Å². The standard InChI is InChI=1S/C28H43NO2/c1-6-7-8-9-10-17-22-27(29,25-18-13-11-14-19-25)28(30-23(2)3,31-24(4)5)26-20-15-12-16-21-26/h11-16,18-21,23-24H,6-10,17,22,29H2,1-5H3. The van der Waals surface area contributed by atoms with Crippen LogP contribution >= 0.6 is 0 Å². The Hall–Kier alpha value is -1.68. The third kappa shape index (κ3) is 6.65. The Morgan fingerprint density at radius 3 is 1.61 bits per heavy atom. The van der Waals surface area contributed by atoms with Crippen LogP contribution in [0.3, 0.4) is 0 Å². The summed E-state index contributed by atoms with van der Waals surface area (Å²) >= 11 is 0. The predicted molar refractivity (Wildman–Crippen MR) is 131 cm³/mol. The van der Waals surface area contributed by atoms with Crippen molar-refractivity contribution >= 4 is 0 Å². The Morgan fingerprint density at radius 2 is 1.13 bits per heavy atom. The summed E-state index contributed by atoms with van der Waals surface area (Å²) in [6, 6.07) is 20.6. The maximum absolute atomic E-state index is 7.42. The monoisotopic (exact) mass is 425 g/mol. The first-order valence-corrected chi connectivity index (χ1v) is 12.1. The summed E-state index contributed by atoms with van der Waals surface area (Å²) in [5.74, 6) is -1.08. The van der Waals surface area contributed by atoms with Crippen LogP contribution in [0.1, 0.15) is 90.7 Å². The lowest BCUT2D eigenvalue weighted by Crippen LogP contribution is -2.60. The largest absolute Gasteiger partial charge is 0.341 e. The van der Waals surface area contributed by atoms with Crippen molar-refractivity contribution in [1.82, 2.24) is 0 Å². The molecule has 0 radical (unpaired) electrons. The van der Waals surface area contributed by atoms with E-state index in [4.69, 9.17) is 15.2 Å². The molecule has 0 saturated carbocycles. The maximum Gasteiger partial charge on any atom is 0.218 e. The molecule has 0 aliphatic rings. The van der Waals surface area contributed by atoms with Gasteiger partial charge >= 0.3 is 0 Å². The van der Waals surface area contributed by atoms with E-state index < -0.39 is 11.3 Å². The molecule has 0 aliphatic heterocycles. The SMILES string of the molecule is CCCCCCCCC(N)(c1ccccc1)C(OC(C)C)(OC(C)C)c1ccccc1. The number of hydrogen-bond acceptors (Lipinski definition) is 3. The van der Waals surface area contributed by atoms with Gasteiger partial charge in [0.25, 0.3) is 0 Å². The van der Waals surface area contributed by atoms with Crippen molar-refractivity contribution in [3.8, 4) is 0 Å². The summed E-state index contributed by atoms with van der Waals surface area (Å²) in [6.07, 6.45) is 7.98. The maximum atomic E-state index is 7.42. The Bertz CT molecular complexity index is 719. The molecule has 3 heteroatoms. The van der Waals surface area contributed by atoms with Crippen molar-refractivity contribution in [3.05, 3.63) is 71.8 Å². The van der Waals surface area contributed by atoms with Gasteiger partial charge in [-0.2, -0.15) is 0 Å². The van der Waals surface area contributed by atoms with Crippen molar-refractivity contribution in [2.24, 2.45) is 5.73 Å². The molecule has 2 aromatic rings. The molecule has 0 spiro atoms. The third-order valence-electron chi connectivity index (χ3n) is 5.76. The number of ether oxygens (including phenoxy) is 2. The van der Waals surface area contributed by atoms with Gasteiger partial charge in [0.15, 0.2) is 0 Å². The predicted octanol–water partition coefficient (Wildman–Crippen LogP) is 7.29. The average molecular weight is 426 g/mol. The molecule has 0 aliphatic carbocycles. The van der Waals surface area contributed by atoms with E-state index in [0.29, 0.717) is 0 Å². The quantitative estimate of drug-likeness (QED) is 0.255. The molecule has 0 amide bonds. The molecule has 2 rings (SSSR count). The minimum absolute atomic E-state index is 0.0462.